The van der Waals surface area contributed by atoms with Crippen LogP contribution in [-0.2, 0) is 19.4 Å². The predicted molar refractivity (Wildman–Crippen MR) is 103 cm³/mol. The second-order valence-electron chi connectivity index (χ2n) is 6.47. The van der Waals surface area contributed by atoms with Crippen molar-refractivity contribution in [1.82, 2.24) is 14.6 Å². The lowest BCUT2D eigenvalue weighted by Crippen LogP contribution is -2.30. The molecule has 0 saturated heterocycles. The van der Waals surface area contributed by atoms with Gasteiger partial charge in [0.15, 0.2) is 0 Å². The van der Waals surface area contributed by atoms with Gasteiger partial charge in [-0.25, -0.2) is 4.98 Å². The molecule has 3 heterocycles. The molecule has 0 fully saturated rings. The Balaban J connectivity index is 1.59. The van der Waals surface area contributed by atoms with Gasteiger partial charge in [0.05, 0.1) is 6.61 Å². The van der Waals surface area contributed by atoms with Crippen LogP contribution in [0.4, 0.5) is 5.13 Å². The van der Waals surface area contributed by atoms with Crippen molar-refractivity contribution in [2.75, 3.05) is 18.1 Å². The molecule has 2 aromatic heterocycles. The van der Waals surface area contributed by atoms with Gasteiger partial charge in [0.25, 0.3) is 5.56 Å². The Labute approximate surface area is 156 Å². The molecule has 1 aromatic carbocycles. The monoisotopic (exact) mass is 370 g/mol. The number of aryl methyl sites for hydroxylation is 1. The summed E-state index contributed by atoms with van der Waals surface area (Å²) in [6, 6.07) is 7.90. The van der Waals surface area contributed by atoms with Crippen LogP contribution in [0.1, 0.15) is 37.1 Å². The van der Waals surface area contributed by atoms with Gasteiger partial charge in [-0.2, -0.15) is 4.52 Å². The highest BCUT2D eigenvalue weighted by Crippen LogP contribution is 2.29. The SMILES string of the molecule is CCCOc1ccc2c(c1)CCN(c1nn3c(=O)cc(CC)nc3s1)C2. The lowest BCUT2D eigenvalue weighted by atomic mass is 10.00. The zero-order valence-corrected chi connectivity index (χ0v) is 15.9. The maximum Gasteiger partial charge on any atom is 0.275 e. The van der Waals surface area contributed by atoms with Gasteiger partial charge >= 0.3 is 0 Å². The van der Waals surface area contributed by atoms with Crippen LogP contribution in [0.2, 0.25) is 0 Å². The summed E-state index contributed by atoms with van der Waals surface area (Å²) in [6.45, 7) is 6.52. The van der Waals surface area contributed by atoms with Gasteiger partial charge in [0.1, 0.15) is 5.75 Å². The van der Waals surface area contributed by atoms with Crippen LogP contribution in [0.3, 0.4) is 0 Å². The normalized spacial score (nSPS) is 13.8. The lowest BCUT2D eigenvalue weighted by molar-refractivity contribution is 0.317. The molecular weight excluding hydrogens is 348 g/mol. The van der Waals surface area contributed by atoms with Crippen molar-refractivity contribution in [3.63, 3.8) is 0 Å². The second-order valence-corrected chi connectivity index (χ2v) is 7.40. The number of fused-ring (bicyclic) bond motifs is 2. The Bertz CT molecular complexity index is 995. The first-order valence-electron chi connectivity index (χ1n) is 9.07. The summed E-state index contributed by atoms with van der Waals surface area (Å²) in [7, 11) is 0. The third-order valence-electron chi connectivity index (χ3n) is 4.58. The highest BCUT2D eigenvalue weighted by molar-refractivity contribution is 7.20. The molecule has 7 heteroatoms. The van der Waals surface area contributed by atoms with E-state index < -0.39 is 0 Å². The summed E-state index contributed by atoms with van der Waals surface area (Å²) in [4.78, 5) is 19.6. The third kappa shape index (κ3) is 3.19. The molecule has 0 N–H and O–H groups in total. The van der Waals surface area contributed by atoms with E-state index in [0.717, 1.165) is 55.5 Å². The van der Waals surface area contributed by atoms with Crippen molar-refractivity contribution in [1.29, 1.82) is 0 Å². The van der Waals surface area contributed by atoms with Gasteiger partial charge in [0, 0.05) is 24.8 Å². The standard InChI is InChI=1S/C19H22N4O2S/c1-3-9-25-16-6-5-14-12-22(8-7-13(14)10-16)19-21-23-17(24)11-15(4-2)20-18(23)26-19/h5-6,10-11H,3-4,7-9,12H2,1-2H3. The van der Waals surface area contributed by atoms with Crippen LogP contribution in [0, 0.1) is 0 Å². The van der Waals surface area contributed by atoms with E-state index in [9.17, 15) is 4.79 Å². The Hall–Kier alpha value is -2.41. The molecule has 1 aliphatic heterocycles. The minimum atomic E-state index is -0.107. The second kappa shape index (κ2) is 7.07. The van der Waals surface area contributed by atoms with Gasteiger partial charge in [-0.1, -0.05) is 31.3 Å². The fraction of sp³-hybridized carbons (Fsp3) is 0.421. The number of nitrogens with zero attached hydrogens (tertiary/aromatic N) is 4. The zero-order valence-electron chi connectivity index (χ0n) is 15.1. The van der Waals surface area contributed by atoms with Crippen molar-refractivity contribution >= 4 is 21.4 Å². The number of hydrogen-bond acceptors (Lipinski definition) is 6. The molecule has 0 unspecified atom stereocenters. The largest absolute Gasteiger partial charge is 0.494 e. The maximum absolute atomic E-state index is 12.2. The molecule has 136 valence electrons. The fourth-order valence-corrected chi connectivity index (χ4v) is 4.11. The highest BCUT2D eigenvalue weighted by atomic mass is 32.1. The van der Waals surface area contributed by atoms with E-state index in [-0.39, 0.29) is 5.56 Å². The topological polar surface area (TPSA) is 59.7 Å². The van der Waals surface area contributed by atoms with E-state index >= 15 is 0 Å². The summed E-state index contributed by atoms with van der Waals surface area (Å²) in [6.07, 6.45) is 2.70. The van der Waals surface area contributed by atoms with Gasteiger partial charge in [-0.15, -0.1) is 5.10 Å². The van der Waals surface area contributed by atoms with Crippen molar-refractivity contribution in [3.05, 3.63) is 51.4 Å². The van der Waals surface area contributed by atoms with Gasteiger partial charge in [-0.3, -0.25) is 4.79 Å². The molecular formula is C19H22N4O2S. The minimum absolute atomic E-state index is 0.107. The first-order chi connectivity index (χ1) is 12.7. The van der Waals surface area contributed by atoms with Gasteiger partial charge < -0.3 is 9.64 Å². The maximum atomic E-state index is 12.2. The smallest absolute Gasteiger partial charge is 0.275 e. The predicted octanol–water partition coefficient (Wildman–Crippen LogP) is 3.06. The molecule has 4 rings (SSSR count). The molecule has 0 amide bonds. The first kappa shape index (κ1) is 17.0. The zero-order chi connectivity index (χ0) is 18.1. The molecule has 0 atom stereocenters. The fourth-order valence-electron chi connectivity index (χ4n) is 3.16. The van der Waals surface area contributed by atoms with E-state index in [1.165, 1.54) is 27.0 Å². The molecule has 0 aliphatic carbocycles. The van der Waals surface area contributed by atoms with Gasteiger partial charge in [-0.05, 0) is 42.5 Å². The molecule has 0 saturated carbocycles. The highest BCUT2D eigenvalue weighted by Gasteiger charge is 2.21. The van der Waals surface area contributed by atoms with Crippen LogP contribution in [0.25, 0.3) is 4.96 Å². The van der Waals surface area contributed by atoms with E-state index in [4.69, 9.17) is 4.74 Å². The Morgan fingerprint density at radius 1 is 1.23 bits per heavy atom. The molecule has 1 aliphatic rings. The van der Waals surface area contributed by atoms with Crippen LogP contribution in [0.15, 0.2) is 29.1 Å². The average molecular weight is 370 g/mol. The van der Waals surface area contributed by atoms with E-state index in [1.807, 2.05) is 13.0 Å². The summed E-state index contributed by atoms with van der Waals surface area (Å²) >= 11 is 1.48. The van der Waals surface area contributed by atoms with Crippen molar-refractivity contribution < 1.29 is 4.74 Å². The van der Waals surface area contributed by atoms with Crippen LogP contribution < -0.4 is 15.2 Å². The molecule has 3 aromatic rings. The summed E-state index contributed by atoms with van der Waals surface area (Å²) in [5.74, 6) is 0.946. The number of ether oxygens (including phenoxy) is 1. The number of aromatic nitrogens is 3. The summed E-state index contributed by atoms with van der Waals surface area (Å²) < 4.78 is 7.15. The number of hydrogen-bond donors (Lipinski definition) is 0. The number of rotatable bonds is 5. The summed E-state index contributed by atoms with van der Waals surface area (Å²) in [5.41, 5.74) is 3.33. The molecule has 0 radical (unpaired) electrons. The van der Waals surface area contributed by atoms with Crippen LogP contribution in [0.5, 0.6) is 5.75 Å². The van der Waals surface area contributed by atoms with E-state index in [1.54, 1.807) is 6.07 Å². The van der Waals surface area contributed by atoms with Crippen LogP contribution >= 0.6 is 11.3 Å². The van der Waals surface area contributed by atoms with Crippen molar-refractivity contribution in [2.45, 2.75) is 39.7 Å². The van der Waals surface area contributed by atoms with E-state index in [0.29, 0.717) is 4.96 Å². The third-order valence-corrected chi connectivity index (χ3v) is 5.55. The Morgan fingerprint density at radius 3 is 2.92 bits per heavy atom. The average Bonchev–Trinajstić information content (AvgIpc) is 3.10. The Morgan fingerprint density at radius 2 is 2.12 bits per heavy atom. The minimum Gasteiger partial charge on any atom is -0.494 e. The van der Waals surface area contributed by atoms with Crippen molar-refractivity contribution in [2.24, 2.45) is 0 Å². The molecule has 6 nitrogen and oxygen atoms in total. The van der Waals surface area contributed by atoms with Gasteiger partial charge in [0.2, 0.25) is 10.1 Å². The van der Waals surface area contributed by atoms with Crippen molar-refractivity contribution in [3.8, 4) is 5.75 Å². The molecule has 0 bridgehead atoms. The molecule has 26 heavy (non-hydrogen) atoms. The number of anilines is 1. The Kier molecular flexibility index (Phi) is 4.63. The van der Waals surface area contributed by atoms with Crippen LogP contribution in [-0.4, -0.2) is 27.7 Å². The lowest BCUT2D eigenvalue weighted by Gasteiger charge is -2.28. The summed E-state index contributed by atoms with van der Waals surface area (Å²) in [5, 5.41) is 5.35. The quantitative estimate of drug-likeness (QED) is 0.691. The first-order valence-corrected chi connectivity index (χ1v) is 9.89. The molecule has 0 spiro atoms. The van der Waals surface area contributed by atoms with E-state index in [2.05, 4.69) is 34.0 Å². The number of benzene rings is 1.